The van der Waals surface area contributed by atoms with Gasteiger partial charge in [0.15, 0.2) is 17.0 Å². The lowest BCUT2D eigenvalue weighted by atomic mass is 10.4. The summed E-state index contributed by atoms with van der Waals surface area (Å²) in [7, 11) is 0. The van der Waals surface area contributed by atoms with Crippen LogP contribution in [0, 0.1) is 0 Å². The van der Waals surface area contributed by atoms with Gasteiger partial charge in [-0.1, -0.05) is 6.08 Å². The summed E-state index contributed by atoms with van der Waals surface area (Å²) in [5.74, 6) is 0.568. The van der Waals surface area contributed by atoms with Crippen molar-refractivity contribution < 1.29 is 0 Å². The van der Waals surface area contributed by atoms with Gasteiger partial charge in [0.05, 0.1) is 0 Å². The third-order valence-electron chi connectivity index (χ3n) is 1.72. The highest BCUT2D eigenvalue weighted by Gasteiger charge is 2.06. The van der Waals surface area contributed by atoms with Crippen LogP contribution in [-0.4, -0.2) is 26.5 Å². The summed E-state index contributed by atoms with van der Waals surface area (Å²) in [6, 6.07) is 0. The fraction of sp³-hybridized carbons (Fsp3) is 0.111. The van der Waals surface area contributed by atoms with E-state index in [0.717, 1.165) is 0 Å². The molecule has 2 rings (SSSR count). The van der Waals surface area contributed by atoms with Gasteiger partial charge in [-0.2, -0.15) is 9.97 Å². The maximum Gasteiger partial charge on any atom is 0.226 e. The van der Waals surface area contributed by atoms with Crippen molar-refractivity contribution in [1.29, 1.82) is 0 Å². The van der Waals surface area contributed by atoms with Crippen LogP contribution in [-0.2, 0) is 0 Å². The number of halogens is 1. The average Bonchev–Trinajstić information content (AvgIpc) is 2.25. The number of aromatic nitrogens is 4. The zero-order chi connectivity index (χ0) is 10.7. The molecule has 0 aromatic carbocycles. The van der Waals surface area contributed by atoms with Gasteiger partial charge in [-0.05, 0) is 11.6 Å². The van der Waals surface area contributed by atoms with Crippen LogP contribution in [0.5, 0.6) is 0 Å². The van der Waals surface area contributed by atoms with Crippen molar-refractivity contribution in [2.75, 3.05) is 11.9 Å². The van der Waals surface area contributed by atoms with Gasteiger partial charge in [0.25, 0.3) is 0 Å². The van der Waals surface area contributed by atoms with Crippen LogP contribution >= 0.6 is 11.6 Å². The van der Waals surface area contributed by atoms with Gasteiger partial charge in [0.1, 0.15) is 0 Å². The Morgan fingerprint density at radius 1 is 1.33 bits per heavy atom. The molecule has 5 nitrogen and oxygen atoms in total. The highest BCUT2D eigenvalue weighted by Crippen LogP contribution is 2.17. The van der Waals surface area contributed by atoms with E-state index in [0.29, 0.717) is 23.5 Å². The highest BCUT2D eigenvalue weighted by molar-refractivity contribution is 6.28. The Labute approximate surface area is 91.3 Å². The quantitative estimate of drug-likeness (QED) is 0.631. The third kappa shape index (κ3) is 2.02. The Hall–Kier alpha value is -1.75. The van der Waals surface area contributed by atoms with Gasteiger partial charge in [0, 0.05) is 18.9 Å². The van der Waals surface area contributed by atoms with Crippen molar-refractivity contribution >= 4 is 28.6 Å². The fourth-order valence-corrected chi connectivity index (χ4v) is 1.29. The largest absolute Gasteiger partial charge is 0.365 e. The molecule has 15 heavy (non-hydrogen) atoms. The van der Waals surface area contributed by atoms with Crippen LogP contribution in [0.25, 0.3) is 11.2 Å². The molecule has 0 aliphatic heterocycles. The zero-order valence-electron chi connectivity index (χ0n) is 7.81. The molecule has 0 atom stereocenters. The van der Waals surface area contributed by atoms with E-state index >= 15 is 0 Å². The first-order valence-corrected chi connectivity index (χ1v) is 4.68. The summed E-state index contributed by atoms with van der Waals surface area (Å²) in [6.07, 6.45) is 4.86. The van der Waals surface area contributed by atoms with E-state index in [1.54, 1.807) is 18.5 Å². The van der Waals surface area contributed by atoms with Crippen molar-refractivity contribution in [2.45, 2.75) is 0 Å². The van der Waals surface area contributed by atoms with Crippen molar-refractivity contribution in [3.05, 3.63) is 30.3 Å². The van der Waals surface area contributed by atoms with Gasteiger partial charge in [-0.3, -0.25) is 0 Å². The molecule has 1 N–H and O–H groups in total. The van der Waals surface area contributed by atoms with Gasteiger partial charge < -0.3 is 5.32 Å². The second-order valence-corrected chi connectivity index (χ2v) is 3.08. The smallest absolute Gasteiger partial charge is 0.226 e. The first-order valence-electron chi connectivity index (χ1n) is 4.30. The number of rotatable bonds is 3. The lowest BCUT2D eigenvalue weighted by molar-refractivity contribution is 1.13. The van der Waals surface area contributed by atoms with E-state index in [9.17, 15) is 0 Å². The van der Waals surface area contributed by atoms with E-state index in [2.05, 4.69) is 31.8 Å². The summed E-state index contributed by atoms with van der Waals surface area (Å²) in [6.45, 7) is 4.19. The molecule has 2 aromatic rings. The molecule has 6 heteroatoms. The van der Waals surface area contributed by atoms with Crippen LogP contribution in [0.3, 0.4) is 0 Å². The zero-order valence-corrected chi connectivity index (χ0v) is 8.57. The van der Waals surface area contributed by atoms with Crippen LogP contribution in [0.1, 0.15) is 0 Å². The predicted octanol–water partition coefficient (Wildman–Crippen LogP) is 1.67. The normalized spacial score (nSPS) is 10.2. The number of hydrogen-bond donors (Lipinski definition) is 1. The molecule has 76 valence electrons. The molecule has 0 aliphatic carbocycles. The van der Waals surface area contributed by atoms with Crippen LogP contribution < -0.4 is 5.32 Å². The highest BCUT2D eigenvalue weighted by atomic mass is 35.5. The van der Waals surface area contributed by atoms with E-state index in [-0.39, 0.29) is 5.28 Å². The minimum absolute atomic E-state index is 0.148. The molecule has 0 unspecified atom stereocenters. The summed E-state index contributed by atoms with van der Waals surface area (Å²) < 4.78 is 0. The first-order chi connectivity index (χ1) is 7.31. The van der Waals surface area contributed by atoms with Gasteiger partial charge >= 0.3 is 0 Å². The van der Waals surface area contributed by atoms with Crippen molar-refractivity contribution in [3.63, 3.8) is 0 Å². The Bertz CT molecular complexity index is 499. The number of nitrogens with zero attached hydrogens (tertiary/aromatic N) is 4. The fourth-order valence-electron chi connectivity index (χ4n) is 1.13. The molecule has 0 aliphatic rings. The molecule has 0 bridgehead atoms. The maximum atomic E-state index is 5.75. The summed E-state index contributed by atoms with van der Waals surface area (Å²) >= 11 is 5.75. The molecular weight excluding hydrogens is 214 g/mol. The maximum absolute atomic E-state index is 5.75. The summed E-state index contributed by atoms with van der Waals surface area (Å²) in [5.41, 5.74) is 1.08. The van der Waals surface area contributed by atoms with Crippen LogP contribution in [0.15, 0.2) is 25.0 Å². The lowest BCUT2D eigenvalue weighted by Crippen LogP contribution is -2.03. The van der Waals surface area contributed by atoms with Crippen molar-refractivity contribution in [3.8, 4) is 0 Å². The Morgan fingerprint density at radius 3 is 2.93 bits per heavy atom. The van der Waals surface area contributed by atoms with Gasteiger partial charge in [-0.25, -0.2) is 9.97 Å². The van der Waals surface area contributed by atoms with Crippen molar-refractivity contribution in [2.24, 2.45) is 0 Å². The number of anilines is 1. The van der Waals surface area contributed by atoms with E-state index in [1.165, 1.54) is 0 Å². The SMILES string of the molecule is C=CCNc1nc(Cl)nc2nccnc12. The molecule has 0 spiro atoms. The predicted molar refractivity (Wildman–Crippen MR) is 58.8 cm³/mol. The minimum Gasteiger partial charge on any atom is -0.365 e. The minimum atomic E-state index is 0.148. The summed E-state index contributed by atoms with van der Waals surface area (Å²) in [5, 5.41) is 3.17. The lowest BCUT2D eigenvalue weighted by Gasteiger charge is -2.04. The molecule has 0 saturated heterocycles. The molecular formula is C9H8ClN5. The number of fused-ring (bicyclic) bond motifs is 1. The van der Waals surface area contributed by atoms with E-state index in [4.69, 9.17) is 11.6 Å². The number of hydrogen-bond acceptors (Lipinski definition) is 5. The third-order valence-corrected chi connectivity index (χ3v) is 1.89. The second kappa shape index (κ2) is 4.18. The topological polar surface area (TPSA) is 63.6 Å². The number of nitrogens with one attached hydrogen (secondary N) is 1. The molecule has 0 amide bonds. The van der Waals surface area contributed by atoms with Gasteiger partial charge in [-0.15, -0.1) is 6.58 Å². The second-order valence-electron chi connectivity index (χ2n) is 2.74. The molecule has 2 aromatic heterocycles. The molecule has 0 fully saturated rings. The Balaban J connectivity index is 2.55. The Kier molecular flexibility index (Phi) is 2.73. The standard InChI is InChI=1S/C9H8ClN5/c1-2-3-12-7-6-8(13-5-4-11-6)15-9(10)14-7/h2,4-5H,1,3H2,(H,12,13,14,15). The van der Waals surface area contributed by atoms with Crippen molar-refractivity contribution in [1.82, 2.24) is 19.9 Å². The molecule has 2 heterocycles. The average molecular weight is 222 g/mol. The first kappa shape index (κ1) is 9.79. The monoisotopic (exact) mass is 221 g/mol. The molecule has 0 saturated carbocycles. The summed E-state index contributed by atoms with van der Waals surface area (Å²) in [4.78, 5) is 16.2. The van der Waals surface area contributed by atoms with E-state index < -0.39 is 0 Å². The van der Waals surface area contributed by atoms with E-state index in [1.807, 2.05) is 0 Å². The van der Waals surface area contributed by atoms with Crippen LogP contribution in [0.4, 0.5) is 5.82 Å². The van der Waals surface area contributed by atoms with Gasteiger partial charge in [0.2, 0.25) is 5.28 Å². The Morgan fingerprint density at radius 2 is 2.13 bits per heavy atom. The van der Waals surface area contributed by atoms with Crippen LogP contribution in [0.2, 0.25) is 5.28 Å². The molecule has 0 radical (unpaired) electrons.